The second-order valence-electron chi connectivity index (χ2n) is 8.64. The molecule has 1 aliphatic carbocycles. The van der Waals surface area contributed by atoms with Crippen LogP contribution in [0.4, 0.5) is 11.5 Å². The Kier molecular flexibility index (Phi) is 5.32. The molecular weight excluding hydrogens is 476 g/mol. The van der Waals surface area contributed by atoms with Crippen molar-refractivity contribution in [2.24, 2.45) is 5.92 Å². The number of β-amino-alcohol motifs (C(OH)–C–C–N with tert-alkyl or cyclic N) is 2. The number of carbonyl (C=O) groups is 1. The fraction of sp³-hybridized carbons (Fsp3) is 0.409. The van der Waals surface area contributed by atoms with Gasteiger partial charge in [0.25, 0.3) is 0 Å². The molecule has 0 bridgehead atoms. The second-order valence-corrected chi connectivity index (χ2v) is 10.5. The summed E-state index contributed by atoms with van der Waals surface area (Å²) in [4.78, 5) is 25.7. The highest BCUT2D eigenvalue weighted by Crippen LogP contribution is 2.42. The molecule has 0 saturated carbocycles. The van der Waals surface area contributed by atoms with E-state index in [1.807, 2.05) is 12.1 Å². The van der Waals surface area contributed by atoms with Crippen LogP contribution in [-0.4, -0.2) is 73.0 Å². The van der Waals surface area contributed by atoms with Crippen LogP contribution < -0.4 is 10.1 Å². The van der Waals surface area contributed by atoms with Gasteiger partial charge in [0, 0.05) is 30.0 Å². The van der Waals surface area contributed by atoms with Crippen LogP contribution in [0.5, 0.6) is 5.75 Å². The number of carbonyl (C=O) groups excluding carboxylic acids is 1. The number of thiophene rings is 1. The van der Waals surface area contributed by atoms with Crippen molar-refractivity contribution >= 4 is 60.7 Å². The molecule has 0 unspecified atom stereocenters. The van der Waals surface area contributed by atoms with Crippen LogP contribution in [0.25, 0.3) is 20.4 Å². The second kappa shape index (κ2) is 8.38. The number of nitrogens with one attached hydrogen (secondary N) is 1. The molecule has 1 amide bonds. The van der Waals surface area contributed by atoms with Crippen molar-refractivity contribution in [1.82, 2.24) is 24.5 Å². The molecule has 1 fully saturated rings. The number of hydrogen-bond donors (Lipinski definition) is 3. The number of anilines is 2. The average molecular weight is 499 g/mol. The summed E-state index contributed by atoms with van der Waals surface area (Å²) in [6.07, 6.45) is 1.88. The van der Waals surface area contributed by atoms with E-state index in [4.69, 9.17) is 4.74 Å². The molecule has 12 heteroatoms. The van der Waals surface area contributed by atoms with Gasteiger partial charge in [-0.05, 0) is 42.4 Å². The van der Waals surface area contributed by atoms with E-state index < -0.39 is 12.2 Å². The highest BCUT2D eigenvalue weighted by atomic mass is 32.1. The summed E-state index contributed by atoms with van der Waals surface area (Å²) in [5.41, 5.74) is 2.73. The van der Waals surface area contributed by atoms with Gasteiger partial charge in [-0.25, -0.2) is 9.97 Å². The summed E-state index contributed by atoms with van der Waals surface area (Å²) in [5, 5.41) is 28.2. The lowest BCUT2D eigenvalue weighted by Gasteiger charge is -2.26. The van der Waals surface area contributed by atoms with E-state index in [9.17, 15) is 15.0 Å². The number of benzene rings is 1. The van der Waals surface area contributed by atoms with E-state index >= 15 is 0 Å². The fourth-order valence-corrected chi connectivity index (χ4v) is 6.67. The SMILES string of the molecule is COc1cc2nnsc2cc1Nc1ncnc2sc3c(c12)CC[C@H](C(=O)N1C[C@@H](O)[C@H](O)C1)C3. The number of methoxy groups -OCH3 is 1. The van der Waals surface area contributed by atoms with E-state index in [-0.39, 0.29) is 24.9 Å². The minimum atomic E-state index is -0.867. The Hall–Kier alpha value is -2.93. The number of aromatic nitrogens is 4. The summed E-state index contributed by atoms with van der Waals surface area (Å²) < 4.78 is 10.5. The van der Waals surface area contributed by atoms with Gasteiger partial charge in [-0.2, -0.15) is 0 Å². The van der Waals surface area contributed by atoms with E-state index in [2.05, 4.69) is 24.9 Å². The fourth-order valence-electron chi connectivity index (χ4n) is 4.83. The Labute approximate surface area is 202 Å². The molecule has 3 N–H and O–H groups in total. The Morgan fingerprint density at radius 1 is 1.24 bits per heavy atom. The maximum Gasteiger partial charge on any atom is 0.226 e. The normalized spacial score (nSPS) is 22.3. The summed E-state index contributed by atoms with van der Waals surface area (Å²) in [5.74, 6) is 1.19. The Balaban J connectivity index is 1.31. The molecule has 4 heterocycles. The minimum absolute atomic E-state index is 0.000607. The number of fused-ring (bicyclic) bond motifs is 4. The van der Waals surface area contributed by atoms with Gasteiger partial charge in [0.2, 0.25) is 5.91 Å². The van der Waals surface area contributed by atoms with Gasteiger partial charge in [0.1, 0.15) is 28.2 Å². The van der Waals surface area contributed by atoms with Gasteiger partial charge in [-0.1, -0.05) is 4.49 Å². The third-order valence-corrected chi connectivity index (χ3v) is 8.44. The van der Waals surface area contributed by atoms with E-state index in [1.165, 1.54) is 17.1 Å². The summed E-state index contributed by atoms with van der Waals surface area (Å²) in [6, 6.07) is 3.81. The lowest BCUT2D eigenvalue weighted by Crippen LogP contribution is -2.37. The maximum atomic E-state index is 13.0. The van der Waals surface area contributed by atoms with Crippen molar-refractivity contribution in [2.75, 3.05) is 25.5 Å². The minimum Gasteiger partial charge on any atom is -0.494 e. The van der Waals surface area contributed by atoms with Crippen molar-refractivity contribution in [3.8, 4) is 5.75 Å². The third kappa shape index (κ3) is 3.57. The van der Waals surface area contributed by atoms with Crippen LogP contribution in [0.3, 0.4) is 0 Å². The molecule has 6 rings (SSSR count). The number of ether oxygens (including phenoxy) is 1. The van der Waals surface area contributed by atoms with Crippen molar-refractivity contribution in [1.29, 1.82) is 0 Å². The zero-order valence-electron chi connectivity index (χ0n) is 18.3. The predicted octanol–water partition coefficient (Wildman–Crippen LogP) is 2.12. The molecule has 34 heavy (non-hydrogen) atoms. The van der Waals surface area contributed by atoms with Gasteiger partial charge < -0.3 is 25.2 Å². The van der Waals surface area contributed by atoms with E-state index in [0.717, 1.165) is 37.4 Å². The van der Waals surface area contributed by atoms with Crippen molar-refractivity contribution in [2.45, 2.75) is 31.5 Å². The van der Waals surface area contributed by atoms with Crippen LogP contribution in [0.15, 0.2) is 18.5 Å². The molecule has 176 valence electrons. The zero-order chi connectivity index (χ0) is 23.4. The first-order valence-corrected chi connectivity index (χ1v) is 12.6. The highest BCUT2D eigenvalue weighted by Gasteiger charge is 2.37. The van der Waals surface area contributed by atoms with Crippen LogP contribution in [0.2, 0.25) is 0 Å². The molecule has 4 aromatic rings. The third-order valence-electron chi connectivity index (χ3n) is 6.59. The van der Waals surface area contributed by atoms with Gasteiger partial charge >= 0.3 is 0 Å². The molecular formula is C22H22N6O4S2. The molecule has 1 aliphatic heterocycles. The Morgan fingerprint density at radius 3 is 2.85 bits per heavy atom. The van der Waals surface area contributed by atoms with Crippen LogP contribution in [0.1, 0.15) is 16.9 Å². The van der Waals surface area contributed by atoms with Crippen molar-refractivity contribution in [3.63, 3.8) is 0 Å². The van der Waals surface area contributed by atoms with Gasteiger partial charge in [-0.3, -0.25) is 4.79 Å². The monoisotopic (exact) mass is 498 g/mol. The number of amides is 1. The lowest BCUT2D eigenvalue weighted by atomic mass is 9.87. The van der Waals surface area contributed by atoms with Gasteiger partial charge in [0.05, 0.1) is 35.1 Å². The first kappa shape index (κ1) is 21.6. The topological polar surface area (TPSA) is 134 Å². The molecule has 0 spiro atoms. The van der Waals surface area contributed by atoms with Crippen molar-refractivity contribution in [3.05, 3.63) is 28.9 Å². The van der Waals surface area contributed by atoms with Crippen LogP contribution in [0, 0.1) is 5.92 Å². The lowest BCUT2D eigenvalue weighted by molar-refractivity contribution is -0.135. The van der Waals surface area contributed by atoms with Crippen LogP contribution in [-0.2, 0) is 17.6 Å². The largest absolute Gasteiger partial charge is 0.494 e. The van der Waals surface area contributed by atoms with Gasteiger partial charge in [-0.15, -0.1) is 16.4 Å². The summed E-state index contributed by atoms with van der Waals surface area (Å²) >= 11 is 2.91. The molecule has 1 saturated heterocycles. The Morgan fingerprint density at radius 2 is 2.06 bits per heavy atom. The summed E-state index contributed by atoms with van der Waals surface area (Å²) in [6.45, 7) is 0.382. The number of likely N-dealkylation sites (tertiary alicyclic amines) is 1. The first-order valence-electron chi connectivity index (χ1n) is 11.0. The smallest absolute Gasteiger partial charge is 0.226 e. The van der Waals surface area contributed by atoms with Crippen molar-refractivity contribution < 1.29 is 19.7 Å². The number of hydrogen-bond acceptors (Lipinski definition) is 11. The number of nitrogens with zero attached hydrogens (tertiary/aromatic N) is 5. The number of aryl methyl sites for hydroxylation is 1. The predicted molar refractivity (Wildman–Crippen MR) is 129 cm³/mol. The molecule has 3 aromatic heterocycles. The molecule has 2 aliphatic rings. The number of aliphatic hydroxyl groups is 2. The highest BCUT2D eigenvalue weighted by molar-refractivity contribution is 7.19. The maximum absolute atomic E-state index is 13.0. The van der Waals surface area contributed by atoms with E-state index in [1.54, 1.807) is 29.7 Å². The molecule has 3 atom stereocenters. The quantitative estimate of drug-likeness (QED) is 0.387. The molecule has 1 aromatic carbocycles. The van der Waals surface area contributed by atoms with Gasteiger partial charge in [0.15, 0.2) is 0 Å². The molecule has 0 radical (unpaired) electrons. The Bertz CT molecular complexity index is 1400. The zero-order valence-corrected chi connectivity index (χ0v) is 19.9. The standard InChI is InChI=1S/C22H22N6O4S2/c1-32-16-5-13-18(34-27-26-13)6-12(16)25-20-19-11-3-2-10(4-17(11)33-21(19)24-9-23-20)22(31)28-7-14(29)15(30)8-28/h5-6,9-10,14-15,29-30H,2-4,7-8H2,1H3,(H,23,24,25)/t10-,14+,15+/m0/s1. The van der Waals surface area contributed by atoms with Crippen LogP contribution >= 0.6 is 22.9 Å². The number of aliphatic hydroxyl groups excluding tert-OH is 2. The molecule has 10 nitrogen and oxygen atoms in total. The first-order chi connectivity index (χ1) is 16.5. The number of rotatable bonds is 4. The summed E-state index contributed by atoms with van der Waals surface area (Å²) in [7, 11) is 1.61. The average Bonchev–Trinajstić information content (AvgIpc) is 3.54. The van der Waals surface area contributed by atoms with E-state index in [0.29, 0.717) is 24.4 Å².